The lowest BCUT2D eigenvalue weighted by atomic mass is 10.1. The fourth-order valence-electron chi connectivity index (χ4n) is 1.80. The molecule has 5 nitrogen and oxygen atoms in total. The molecule has 0 aliphatic carbocycles. The van der Waals surface area contributed by atoms with Gasteiger partial charge in [-0.25, -0.2) is 5.43 Å². The van der Waals surface area contributed by atoms with Gasteiger partial charge in [0.05, 0.1) is 6.21 Å². The molecule has 0 spiro atoms. The van der Waals surface area contributed by atoms with Crippen molar-refractivity contribution in [1.29, 1.82) is 0 Å². The third kappa shape index (κ3) is 4.93. The van der Waals surface area contributed by atoms with Gasteiger partial charge in [-0.05, 0) is 30.3 Å². The number of hydrogen-bond donors (Lipinski definition) is 2. The highest BCUT2D eigenvalue weighted by molar-refractivity contribution is 6.33. The van der Waals surface area contributed by atoms with Crippen molar-refractivity contribution in [2.75, 3.05) is 5.32 Å². The second-order valence-electron chi connectivity index (χ2n) is 5.44. The zero-order chi connectivity index (χ0) is 17.5. The fourth-order valence-corrected chi connectivity index (χ4v) is 1.98. The maximum Gasteiger partial charge on any atom is 0.271 e. The standard InChI is InChI=1S/C18H18ClN3O2/c1-12(2)17(23)21-15-9-7-13(8-10-15)18(24)22-20-11-14-5-3-4-6-16(14)19/h3-12H,1-2H3,(H,21,23)(H,22,24). The Bertz CT molecular complexity index is 755. The normalized spacial score (nSPS) is 10.8. The molecule has 2 N–H and O–H groups in total. The third-order valence-corrected chi connectivity index (χ3v) is 3.56. The molecule has 2 amide bonds. The molecule has 0 unspecified atom stereocenters. The van der Waals surface area contributed by atoms with Crippen LogP contribution in [0.3, 0.4) is 0 Å². The van der Waals surface area contributed by atoms with Gasteiger partial charge in [0, 0.05) is 27.8 Å². The molecular weight excluding hydrogens is 326 g/mol. The molecule has 24 heavy (non-hydrogen) atoms. The van der Waals surface area contributed by atoms with E-state index < -0.39 is 0 Å². The summed E-state index contributed by atoms with van der Waals surface area (Å²) in [7, 11) is 0. The first-order valence-electron chi connectivity index (χ1n) is 7.46. The van der Waals surface area contributed by atoms with Crippen LogP contribution < -0.4 is 10.7 Å². The van der Waals surface area contributed by atoms with Gasteiger partial charge < -0.3 is 5.32 Å². The highest BCUT2D eigenvalue weighted by Crippen LogP contribution is 2.13. The minimum Gasteiger partial charge on any atom is -0.326 e. The number of halogens is 1. The molecule has 2 aromatic rings. The van der Waals surface area contributed by atoms with Crippen molar-refractivity contribution < 1.29 is 9.59 Å². The Morgan fingerprint density at radius 3 is 2.38 bits per heavy atom. The number of carbonyl (C=O) groups is 2. The quantitative estimate of drug-likeness (QED) is 0.642. The molecule has 2 rings (SSSR count). The number of benzene rings is 2. The van der Waals surface area contributed by atoms with Crippen LogP contribution in [0.4, 0.5) is 5.69 Å². The lowest BCUT2D eigenvalue weighted by Gasteiger charge is -2.08. The van der Waals surface area contributed by atoms with Crippen molar-refractivity contribution in [3.05, 3.63) is 64.7 Å². The molecular formula is C18H18ClN3O2. The first-order valence-corrected chi connectivity index (χ1v) is 7.84. The van der Waals surface area contributed by atoms with Crippen molar-refractivity contribution in [1.82, 2.24) is 5.43 Å². The van der Waals surface area contributed by atoms with Crippen molar-refractivity contribution in [3.8, 4) is 0 Å². The lowest BCUT2D eigenvalue weighted by Crippen LogP contribution is -2.19. The Hall–Kier alpha value is -2.66. The summed E-state index contributed by atoms with van der Waals surface area (Å²) in [6, 6.07) is 13.8. The summed E-state index contributed by atoms with van der Waals surface area (Å²) in [5, 5.41) is 7.21. The predicted octanol–water partition coefficient (Wildman–Crippen LogP) is 3.70. The van der Waals surface area contributed by atoms with Gasteiger partial charge in [0.25, 0.3) is 5.91 Å². The molecule has 124 valence electrons. The first-order chi connectivity index (χ1) is 11.5. The van der Waals surface area contributed by atoms with Crippen molar-refractivity contribution >= 4 is 35.3 Å². The molecule has 0 aliphatic rings. The van der Waals surface area contributed by atoms with E-state index in [4.69, 9.17) is 11.6 Å². The van der Waals surface area contributed by atoms with Gasteiger partial charge >= 0.3 is 0 Å². The minimum atomic E-state index is -0.347. The number of nitrogens with zero attached hydrogens (tertiary/aromatic N) is 1. The van der Waals surface area contributed by atoms with Crippen LogP contribution in [0, 0.1) is 5.92 Å². The molecule has 0 heterocycles. The Balaban J connectivity index is 1.95. The van der Waals surface area contributed by atoms with E-state index in [2.05, 4.69) is 15.8 Å². The number of rotatable bonds is 5. The van der Waals surface area contributed by atoms with E-state index in [-0.39, 0.29) is 17.7 Å². The topological polar surface area (TPSA) is 70.6 Å². The van der Waals surface area contributed by atoms with Gasteiger partial charge in [-0.2, -0.15) is 5.10 Å². The van der Waals surface area contributed by atoms with Gasteiger partial charge in [0.15, 0.2) is 0 Å². The van der Waals surface area contributed by atoms with Gasteiger partial charge in [-0.3, -0.25) is 9.59 Å². The summed E-state index contributed by atoms with van der Waals surface area (Å²) in [4.78, 5) is 23.6. The van der Waals surface area contributed by atoms with E-state index in [1.807, 2.05) is 26.0 Å². The van der Waals surface area contributed by atoms with E-state index in [9.17, 15) is 9.59 Å². The maximum absolute atomic E-state index is 12.0. The Morgan fingerprint density at radius 1 is 1.08 bits per heavy atom. The molecule has 0 fully saturated rings. The van der Waals surface area contributed by atoms with E-state index in [1.54, 1.807) is 36.4 Å². The van der Waals surface area contributed by atoms with E-state index in [1.165, 1.54) is 6.21 Å². The molecule has 0 aromatic heterocycles. The summed E-state index contributed by atoms with van der Waals surface area (Å²) in [5.41, 5.74) is 4.23. The Kier molecular flexibility index (Phi) is 6.09. The Labute approximate surface area is 145 Å². The number of nitrogens with one attached hydrogen (secondary N) is 2. The molecule has 0 radical (unpaired) electrons. The van der Waals surface area contributed by atoms with Crippen LogP contribution in [0.1, 0.15) is 29.8 Å². The zero-order valence-corrected chi connectivity index (χ0v) is 14.2. The second kappa shape index (κ2) is 8.26. The molecule has 2 aromatic carbocycles. The smallest absolute Gasteiger partial charge is 0.271 e. The molecule has 0 bridgehead atoms. The number of anilines is 1. The average Bonchev–Trinajstić information content (AvgIpc) is 2.57. The minimum absolute atomic E-state index is 0.0726. The largest absolute Gasteiger partial charge is 0.326 e. The number of hydrogen-bond acceptors (Lipinski definition) is 3. The Morgan fingerprint density at radius 2 is 1.75 bits per heavy atom. The van der Waals surface area contributed by atoms with Crippen LogP contribution in [-0.2, 0) is 4.79 Å². The van der Waals surface area contributed by atoms with E-state index >= 15 is 0 Å². The fraction of sp³-hybridized carbons (Fsp3) is 0.167. The number of amides is 2. The number of carbonyl (C=O) groups excluding carboxylic acids is 2. The molecule has 0 saturated heterocycles. The molecule has 6 heteroatoms. The van der Waals surface area contributed by atoms with Crippen LogP contribution in [0.2, 0.25) is 5.02 Å². The van der Waals surface area contributed by atoms with Crippen LogP contribution in [-0.4, -0.2) is 18.0 Å². The van der Waals surface area contributed by atoms with E-state index in [0.29, 0.717) is 21.8 Å². The second-order valence-corrected chi connectivity index (χ2v) is 5.85. The van der Waals surface area contributed by atoms with Crippen LogP contribution in [0.25, 0.3) is 0 Å². The van der Waals surface area contributed by atoms with Gasteiger partial charge in [-0.1, -0.05) is 43.6 Å². The molecule has 0 saturated carbocycles. The van der Waals surface area contributed by atoms with Crippen LogP contribution in [0.15, 0.2) is 53.6 Å². The zero-order valence-electron chi connectivity index (χ0n) is 13.4. The van der Waals surface area contributed by atoms with Gasteiger partial charge in [0.2, 0.25) is 5.91 Å². The predicted molar refractivity (Wildman–Crippen MR) is 96.4 cm³/mol. The number of hydrazone groups is 1. The average molecular weight is 344 g/mol. The lowest BCUT2D eigenvalue weighted by molar-refractivity contribution is -0.118. The first kappa shape index (κ1) is 17.7. The van der Waals surface area contributed by atoms with Crippen molar-refractivity contribution in [2.45, 2.75) is 13.8 Å². The van der Waals surface area contributed by atoms with Crippen LogP contribution in [0.5, 0.6) is 0 Å². The molecule has 0 atom stereocenters. The van der Waals surface area contributed by atoms with Crippen molar-refractivity contribution in [3.63, 3.8) is 0 Å². The third-order valence-electron chi connectivity index (χ3n) is 3.21. The van der Waals surface area contributed by atoms with E-state index in [0.717, 1.165) is 0 Å². The maximum atomic E-state index is 12.0. The summed E-state index contributed by atoms with van der Waals surface area (Å²) < 4.78 is 0. The summed E-state index contributed by atoms with van der Waals surface area (Å²) in [5.74, 6) is -0.524. The summed E-state index contributed by atoms with van der Waals surface area (Å²) in [6.07, 6.45) is 1.48. The summed E-state index contributed by atoms with van der Waals surface area (Å²) >= 11 is 6.00. The van der Waals surface area contributed by atoms with Crippen molar-refractivity contribution in [2.24, 2.45) is 11.0 Å². The summed E-state index contributed by atoms with van der Waals surface area (Å²) in [6.45, 7) is 3.63. The van der Waals surface area contributed by atoms with Gasteiger partial charge in [0.1, 0.15) is 0 Å². The van der Waals surface area contributed by atoms with Crippen LogP contribution >= 0.6 is 11.6 Å². The van der Waals surface area contributed by atoms with Gasteiger partial charge in [-0.15, -0.1) is 0 Å². The molecule has 0 aliphatic heterocycles. The highest BCUT2D eigenvalue weighted by atomic mass is 35.5. The monoisotopic (exact) mass is 343 g/mol. The SMILES string of the molecule is CC(C)C(=O)Nc1ccc(C(=O)NN=Cc2ccccc2Cl)cc1. The highest BCUT2D eigenvalue weighted by Gasteiger charge is 2.08.